The number of morpholine rings is 1. The van der Waals surface area contributed by atoms with Gasteiger partial charge in [-0.2, -0.15) is 0 Å². The molecule has 1 unspecified atom stereocenters. The molecule has 1 saturated carbocycles. The van der Waals surface area contributed by atoms with Gasteiger partial charge in [0.2, 0.25) is 0 Å². The van der Waals surface area contributed by atoms with E-state index >= 15 is 0 Å². The lowest BCUT2D eigenvalue weighted by molar-refractivity contribution is -0.0948. The summed E-state index contributed by atoms with van der Waals surface area (Å²) in [6, 6.07) is 0. The normalized spacial score (nSPS) is 28.8. The molecule has 0 N–H and O–H groups in total. The molecule has 2 aliphatic heterocycles. The standard InChI is InChI=1S/C21H35BFNO5/c1-18(2,3)27-17(25)24-13-15(26-14-21(24)10-8-9-11-21)12-16(23)22-28-19(4,5)20(6,7)29-22/h12,15H,8-11,13-14H2,1-7H3. The summed E-state index contributed by atoms with van der Waals surface area (Å²) < 4.78 is 38.1. The number of nitrogens with zero attached hydrogens (tertiary/aromatic N) is 1. The zero-order chi connectivity index (χ0) is 21.7. The fraction of sp³-hybridized carbons (Fsp3) is 0.857. The highest BCUT2D eigenvalue weighted by Crippen LogP contribution is 2.41. The third-order valence-electron chi connectivity index (χ3n) is 6.47. The molecule has 0 bridgehead atoms. The molecule has 6 nitrogen and oxygen atoms in total. The van der Waals surface area contributed by atoms with Gasteiger partial charge in [0, 0.05) is 0 Å². The second kappa shape index (κ2) is 7.54. The molecule has 8 heteroatoms. The highest BCUT2D eigenvalue weighted by molar-refractivity contribution is 6.53. The third kappa shape index (κ3) is 4.64. The first-order valence-electron chi connectivity index (χ1n) is 10.6. The minimum Gasteiger partial charge on any atom is -0.444 e. The molecule has 2 saturated heterocycles. The lowest BCUT2D eigenvalue weighted by Gasteiger charge is -2.46. The van der Waals surface area contributed by atoms with Gasteiger partial charge in [-0.25, -0.2) is 9.18 Å². The number of hydrogen-bond donors (Lipinski definition) is 0. The molecule has 0 aromatic carbocycles. The molecule has 164 valence electrons. The Kier molecular flexibility index (Phi) is 5.87. The van der Waals surface area contributed by atoms with Crippen molar-refractivity contribution in [1.29, 1.82) is 0 Å². The molecule has 1 amide bonds. The van der Waals surface area contributed by atoms with E-state index in [-0.39, 0.29) is 18.2 Å². The van der Waals surface area contributed by atoms with Crippen LogP contribution in [0.4, 0.5) is 9.18 Å². The Morgan fingerprint density at radius 3 is 2.21 bits per heavy atom. The summed E-state index contributed by atoms with van der Waals surface area (Å²) in [5.41, 5.74) is -2.71. The lowest BCUT2D eigenvalue weighted by atomic mass is 9.86. The van der Waals surface area contributed by atoms with Crippen LogP contribution in [0.1, 0.15) is 74.1 Å². The summed E-state index contributed by atoms with van der Waals surface area (Å²) in [7, 11) is -1.07. The smallest absolute Gasteiger partial charge is 0.444 e. The van der Waals surface area contributed by atoms with Crippen LogP contribution in [-0.4, -0.2) is 59.7 Å². The van der Waals surface area contributed by atoms with Crippen LogP contribution < -0.4 is 0 Å². The molecular weight excluding hydrogens is 376 g/mol. The number of hydrogen-bond acceptors (Lipinski definition) is 5. The number of amides is 1. The molecule has 3 aliphatic rings. The predicted octanol–water partition coefficient (Wildman–Crippen LogP) is 4.42. The van der Waals surface area contributed by atoms with Crippen molar-refractivity contribution in [3.63, 3.8) is 0 Å². The summed E-state index contributed by atoms with van der Waals surface area (Å²) >= 11 is 0. The zero-order valence-electron chi connectivity index (χ0n) is 18.8. The minimum atomic E-state index is -1.07. The van der Waals surface area contributed by atoms with Gasteiger partial charge < -0.3 is 18.8 Å². The van der Waals surface area contributed by atoms with E-state index in [0.717, 1.165) is 25.7 Å². The van der Waals surface area contributed by atoms with Crippen LogP contribution >= 0.6 is 0 Å². The van der Waals surface area contributed by atoms with Gasteiger partial charge in [0.05, 0.1) is 36.0 Å². The Bertz CT molecular complexity index is 650. The van der Waals surface area contributed by atoms with Gasteiger partial charge in [-0.05, 0) is 67.4 Å². The Morgan fingerprint density at radius 2 is 1.69 bits per heavy atom. The third-order valence-corrected chi connectivity index (χ3v) is 6.47. The summed E-state index contributed by atoms with van der Waals surface area (Å²) in [5.74, 6) is 0. The van der Waals surface area contributed by atoms with Crippen LogP contribution in [0.15, 0.2) is 11.8 Å². The monoisotopic (exact) mass is 411 g/mol. The summed E-state index contributed by atoms with van der Waals surface area (Å²) in [4.78, 5) is 14.7. The maximum atomic E-state index is 14.9. The van der Waals surface area contributed by atoms with Crippen molar-refractivity contribution in [2.75, 3.05) is 13.2 Å². The zero-order valence-corrected chi connectivity index (χ0v) is 18.8. The quantitative estimate of drug-likeness (QED) is 0.630. The maximum Gasteiger partial charge on any atom is 0.524 e. The van der Waals surface area contributed by atoms with Gasteiger partial charge in [0.25, 0.3) is 0 Å². The molecule has 1 aliphatic carbocycles. The van der Waals surface area contributed by atoms with Crippen molar-refractivity contribution >= 4 is 13.2 Å². The first-order valence-corrected chi connectivity index (χ1v) is 10.6. The van der Waals surface area contributed by atoms with E-state index in [9.17, 15) is 9.18 Å². The molecule has 3 rings (SSSR count). The average molecular weight is 411 g/mol. The van der Waals surface area contributed by atoms with Crippen LogP contribution in [0, 0.1) is 0 Å². The minimum absolute atomic E-state index is 0.252. The van der Waals surface area contributed by atoms with Gasteiger partial charge in [-0.1, -0.05) is 12.8 Å². The summed E-state index contributed by atoms with van der Waals surface area (Å²) in [5, 5.41) is 0. The molecule has 1 spiro atoms. The molecule has 2 heterocycles. The van der Waals surface area contributed by atoms with Crippen LogP contribution in [0.3, 0.4) is 0 Å². The van der Waals surface area contributed by atoms with Crippen LogP contribution in [0.2, 0.25) is 0 Å². The van der Waals surface area contributed by atoms with Crippen molar-refractivity contribution < 1.29 is 28.0 Å². The van der Waals surface area contributed by atoms with Gasteiger partial charge in [-0.15, -0.1) is 0 Å². The Labute approximate surface area is 174 Å². The van der Waals surface area contributed by atoms with Crippen molar-refractivity contribution in [3.05, 3.63) is 11.8 Å². The number of rotatable bonds is 2. The predicted molar refractivity (Wildman–Crippen MR) is 109 cm³/mol. The molecule has 1 atom stereocenters. The average Bonchev–Trinajstić information content (AvgIpc) is 3.10. The SMILES string of the molecule is CC(C)(C)OC(=O)N1CC(C=C(F)B2OC(C)(C)C(C)(C)O2)OCC12CCCC2. The Hall–Kier alpha value is -1.12. The Morgan fingerprint density at radius 1 is 1.14 bits per heavy atom. The number of carbonyl (C=O) groups excluding carboxylic acids is 1. The van der Waals surface area contributed by atoms with Crippen molar-refractivity contribution in [2.45, 2.75) is 103 Å². The lowest BCUT2D eigenvalue weighted by Crippen LogP contribution is -2.60. The van der Waals surface area contributed by atoms with Gasteiger partial charge in [-0.3, -0.25) is 4.90 Å². The van der Waals surface area contributed by atoms with E-state index in [1.807, 2.05) is 48.5 Å². The van der Waals surface area contributed by atoms with Crippen LogP contribution in [-0.2, 0) is 18.8 Å². The summed E-state index contributed by atoms with van der Waals surface area (Å²) in [6.45, 7) is 13.7. The van der Waals surface area contributed by atoms with Crippen LogP contribution in [0.5, 0.6) is 0 Å². The molecular formula is C21H35BFNO5. The largest absolute Gasteiger partial charge is 0.524 e. The fourth-order valence-electron chi connectivity index (χ4n) is 4.11. The number of ether oxygens (including phenoxy) is 2. The fourth-order valence-corrected chi connectivity index (χ4v) is 4.11. The van der Waals surface area contributed by atoms with E-state index in [2.05, 4.69) is 0 Å². The molecule has 0 aromatic rings. The van der Waals surface area contributed by atoms with Crippen molar-refractivity contribution in [1.82, 2.24) is 4.90 Å². The number of halogens is 1. The molecule has 0 aromatic heterocycles. The van der Waals surface area contributed by atoms with Crippen molar-refractivity contribution in [2.24, 2.45) is 0 Å². The highest BCUT2D eigenvalue weighted by Gasteiger charge is 2.53. The van der Waals surface area contributed by atoms with E-state index in [0.29, 0.717) is 6.61 Å². The highest BCUT2D eigenvalue weighted by atomic mass is 19.1. The van der Waals surface area contributed by atoms with E-state index in [1.165, 1.54) is 6.08 Å². The molecule has 3 fully saturated rings. The van der Waals surface area contributed by atoms with Crippen LogP contribution in [0.25, 0.3) is 0 Å². The molecule has 0 radical (unpaired) electrons. The van der Waals surface area contributed by atoms with E-state index in [4.69, 9.17) is 18.8 Å². The second-order valence-corrected chi connectivity index (χ2v) is 10.5. The van der Waals surface area contributed by atoms with Gasteiger partial charge >= 0.3 is 13.2 Å². The molecule has 29 heavy (non-hydrogen) atoms. The second-order valence-electron chi connectivity index (χ2n) is 10.5. The topological polar surface area (TPSA) is 57.2 Å². The maximum absolute atomic E-state index is 14.9. The first-order chi connectivity index (χ1) is 13.2. The van der Waals surface area contributed by atoms with E-state index in [1.54, 1.807) is 4.90 Å². The van der Waals surface area contributed by atoms with E-state index < -0.39 is 35.8 Å². The number of carbonyl (C=O) groups is 1. The van der Waals surface area contributed by atoms with Gasteiger partial charge in [0.15, 0.2) is 0 Å². The van der Waals surface area contributed by atoms with Crippen molar-refractivity contribution in [3.8, 4) is 0 Å². The summed E-state index contributed by atoms with van der Waals surface area (Å²) in [6.07, 6.45) is 4.29. The van der Waals surface area contributed by atoms with Gasteiger partial charge in [0.1, 0.15) is 11.3 Å². The Balaban J connectivity index is 1.75. The first kappa shape index (κ1) is 22.6.